The zero-order chi connectivity index (χ0) is 11.3. The van der Waals surface area contributed by atoms with E-state index in [1.165, 1.54) is 6.42 Å². The number of nitrogens with zero attached hydrogens (tertiary/aromatic N) is 1. The van der Waals surface area contributed by atoms with Gasteiger partial charge in [0.2, 0.25) is 0 Å². The van der Waals surface area contributed by atoms with Crippen LogP contribution in [0.4, 0.5) is 0 Å². The molecule has 0 saturated heterocycles. The van der Waals surface area contributed by atoms with Crippen LogP contribution in [0.3, 0.4) is 0 Å². The van der Waals surface area contributed by atoms with E-state index < -0.39 is 5.60 Å². The second-order valence-electron chi connectivity index (χ2n) is 4.78. The summed E-state index contributed by atoms with van der Waals surface area (Å²) in [6.45, 7) is 4.67. The molecule has 0 radical (unpaired) electrons. The van der Waals surface area contributed by atoms with Crippen LogP contribution in [0.15, 0.2) is 0 Å². The molecule has 1 aliphatic rings. The summed E-state index contributed by atoms with van der Waals surface area (Å²) in [5.74, 6) is 1.19. The fourth-order valence-corrected chi connectivity index (χ4v) is 2.35. The Kier molecular flexibility index (Phi) is 4.56. The summed E-state index contributed by atoms with van der Waals surface area (Å²) < 4.78 is 5.54. The highest BCUT2D eigenvalue weighted by Gasteiger charge is 2.38. The Labute approximate surface area is 92.0 Å². The van der Waals surface area contributed by atoms with Crippen LogP contribution in [0.5, 0.6) is 0 Å². The Hall–Kier alpha value is -0.590. The van der Waals surface area contributed by atoms with Crippen LogP contribution in [0, 0.1) is 23.2 Å². The van der Waals surface area contributed by atoms with Gasteiger partial charge in [-0.05, 0) is 37.5 Å². The maximum atomic E-state index is 9.21. The normalized spacial score (nSPS) is 31.5. The van der Waals surface area contributed by atoms with Gasteiger partial charge in [0.05, 0.1) is 19.3 Å². The first kappa shape index (κ1) is 12.5. The lowest BCUT2D eigenvalue weighted by Crippen LogP contribution is -2.39. The average molecular weight is 211 g/mol. The van der Waals surface area contributed by atoms with Crippen LogP contribution < -0.4 is 0 Å². The zero-order valence-corrected chi connectivity index (χ0v) is 9.70. The Morgan fingerprint density at radius 3 is 2.87 bits per heavy atom. The van der Waals surface area contributed by atoms with E-state index >= 15 is 0 Å². The highest BCUT2D eigenvalue weighted by Crippen LogP contribution is 2.38. The van der Waals surface area contributed by atoms with Crippen molar-refractivity contribution >= 4 is 0 Å². The van der Waals surface area contributed by atoms with E-state index in [1.54, 1.807) is 0 Å². The second-order valence-corrected chi connectivity index (χ2v) is 4.78. The molecule has 1 aliphatic carbocycles. The predicted molar refractivity (Wildman–Crippen MR) is 58.2 cm³/mol. The Bertz CT molecular complexity index is 234. The van der Waals surface area contributed by atoms with Gasteiger partial charge >= 0.3 is 0 Å². The molecule has 0 aliphatic heterocycles. The van der Waals surface area contributed by atoms with Crippen molar-refractivity contribution in [1.82, 2.24) is 0 Å². The number of hydrogen-bond acceptors (Lipinski definition) is 3. The quantitative estimate of drug-likeness (QED) is 0.774. The molecule has 0 bridgehead atoms. The van der Waals surface area contributed by atoms with Gasteiger partial charge in [-0.3, -0.25) is 0 Å². The first-order chi connectivity index (χ1) is 7.13. The molecule has 3 heteroatoms. The molecule has 0 amide bonds. The van der Waals surface area contributed by atoms with Crippen LogP contribution >= 0.6 is 0 Å². The first-order valence-electron chi connectivity index (χ1n) is 5.79. The lowest BCUT2D eigenvalue weighted by Gasteiger charge is -2.37. The van der Waals surface area contributed by atoms with Gasteiger partial charge in [-0.15, -0.1) is 0 Å². The number of aliphatic hydroxyl groups excluding tert-OH is 1. The second kappa shape index (κ2) is 5.48. The van der Waals surface area contributed by atoms with E-state index in [2.05, 4.69) is 19.9 Å². The Balaban J connectivity index is 2.60. The number of nitriles is 1. The number of hydrogen-bond donors (Lipinski definition) is 1. The summed E-state index contributed by atoms with van der Waals surface area (Å²) in [5, 5.41) is 18.0. The molecule has 0 aromatic rings. The van der Waals surface area contributed by atoms with Gasteiger partial charge in [0.1, 0.15) is 0 Å². The van der Waals surface area contributed by atoms with E-state index in [0.717, 1.165) is 19.3 Å². The molecule has 0 heterocycles. The van der Waals surface area contributed by atoms with E-state index in [9.17, 15) is 5.26 Å². The number of aliphatic hydroxyl groups is 1. The maximum absolute atomic E-state index is 9.21. The monoisotopic (exact) mass is 211 g/mol. The summed E-state index contributed by atoms with van der Waals surface area (Å²) in [5.41, 5.74) is -0.629. The van der Waals surface area contributed by atoms with Crippen LogP contribution in [-0.4, -0.2) is 23.9 Å². The van der Waals surface area contributed by atoms with Crippen molar-refractivity contribution in [3.63, 3.8) is 0 Å². The molecular weight excluding hydrogens is 190 g/mol. The molecule has 1 rings (SSSR count). The third kappa shape index (κ3) is 3.19. The van der Waals surface area contributed by atoms with Crippen molar-refractivity contribution in [2.45, 2.75) is 45.1 Å². The lowest BCUT2D eigenvalue weighted by atomic mass is 9.74. The number of ether oxygens (including phenoxy) is 1. The molecule has 86 valence electrons. The van der Waals surface area contributed by atoms with Crippen LogP contribution in [0.1, 0.15) is 39.5 Å². The minimum atomic E-state index is -0.629. The maximum Gasteiger partial charge on any atom is 0.154 e. The first-order valence-corrected chi connectivity index (χ1v) is 5.79. The highest BCUT2D eigenvalue weighted by molar-refractivity contribution is 5.05. The van der Waals surface area contributed by atoms with Crippen molar-refractivity contribution in [3.8, 4) is 6.07 Å². The topological polar surface area (TPSA) is 53.2 Å². The summed E-state index contributed by atoms with van der Waals surface area (Å²) in [4.78, 5) is 0. The van der Waals surface area contributed by atoms with Crippen LogP contribution in [-0.2, 0) is 4.74 Å². The molecule has 0 aromatic heterocycles. The van der Waals surface area contributed by atoms with Crippen molar-refractivity contribution in [2.75, 3.05) is 13.2 Å². The average Bonchev–Trinajstić information content (AvgIpc) is 2.26. The molecule has 2 atom stereocenters. The van der Waals surface area contributed by atoms with Crippen molar-refractivity contribution in [2.24, 2.45) is 11.8 Å². The molecule has 1 N–H and O–H groups in total. The van der Waals surface area contributed by atoms with Gasteiger partial charge in [-0.2, -0.15) is 5.26 Å². The molecule has 15 heavy (non-hydrogen) atoms. The van der Waals surface area contributed by atoms with E-state index in [4.69, 9.17) is 9.84 Å². The fraction of sp³-hybridized carbons (Fsp3) is 0.917. The van der Waals surface area contributed by atoms with Gasteiger partial charge in [-0.1, -0.05) is 13.8 Å². The predicted octanol–water partition coefficient (Wildman–Crippen LogP) is 2.10. The SMILES string of the molecule is CC(C)C1CCCC(C#N)(OCCO)C1. The van der Waals surface area contributed by atoms with E-state index in [0.29, 0.717) is 11.8 Å². The van der Waals surface area contributed by atoms with E-state index in [-0.39, 0.29) is 13.2 Å². The largest absolute Gasteiger partial charge is 0.394 e. The van der Waals surface area contributed by atoms with E-state index in [1.807, 2.05) is 0 Å². The minimum absolute atomic E-state index is 0.00419. The van der Waals surface area contributed by atoms with Gasteiger partial charge in [-0.25, -0.2) is 0 Å². The molecule has 2 unspecified atom stereocenters. The number of rotatable bonds is 4. The lowest BCUT2D eigenvalue weighted by molar-refractivity contribution is -0.0585. The molecule has 1 fully saturated rings. The van der Waals surface area contributed by atoms with Gasteiger partial charge in [0.15, 0.2) is 5.60 Å². The molecule has 0 aromatic carbocycles. The Morgan fingerprint density at radius 1 is 1.60 bits per heavy atom. The summed E-state index contributed by atoms with van der Waals surface area (Å²) in [6, 6.07) is 2.30. The smallest absolute Gasteiger partial charge is 0.154 e. The van der Waals surface area contributed by atoms with Crippen molar-refractivity contribution < 1.29 is 9.84 Å². The third-order valence-corrected chi connectivity index (χ3v) is 3.36. The van der Waals surface area contributed by atoms with Gasteiger partial charge in [0, 0.05) is 0 Å². The minimum Gasteiger partial charge on any atom is -0.394 e. The zero-order valence-electron chi connectivity index (χ0n) is 9.70. The van der Waals surface area contributed by atoms with Crippen molar-refractivity contribution in [1.29, 1.82) is 5.26 Å². The summed E-state index contributed by atoms with van der Waals surface area (Å²) in [6.07, 6.45) is 3.89. The van der Waals surface area contributed by atoms with Gasteiger partial charge < -0.3 is 9.84 Å². The molecule has 3 nitrogen and oxygen atoms in total. The summed E-state index contributed by atoms with van der Waals surface area (Å²) in [7, 11) is 0. The Morgan fingerprint density at radius 2 is 2.33 bits per heavy atom. The summed E-state index contributed by atoms with van der Waals surface area (Å²) >= 11 is 0. The van der Waals surface area contributed by atoms with Crippen molar-refractivity contribution in [3.05, 3.63) is 0 Å². The van der Waals surface area contributed by atoms with Crippen LogP contribution in [0.25, 0.3) is 0 Å². The molecular formula is C12H21NO2. The highest BCUT2D eigenvalue weighted by atomic mass is 16.5. The molecule has 1 saturated carbocycles. The van der Waals surface area contributed by atoms with Crippen LogP contribution in [0.2, 0.25) is 0 Å². The fourth-order valence-electron chi connectivity index (χ4n) is 2.35. The third-order valence-electron chi connectivity index (χ3n) is 3.36. The standard InChI is InChI=1S/C12H21NO2/c1-10(2)11-4-3-5-12(8-11,9-13)15-7-6-14/h10-11,14H,3-8H2,1-2H3. The van der Waals surface area contributed by atoms with Gasteiger partial charge in [0.25, 0.3) is 0 Å². The molecule has 0 spiro atoms.